The van der Waals surface area contributed by atoms with Crippen molar-refractivity contribution < 1.29 is 13.6 Å². The van der Waals surface area contributed by atoms with Gasteiger partial charge in [-0.25, -0.2) is 8.78 Å². The lowest BCUT2D eigenvalue weighted by Gasteiger charge is -2.28. The molecule has 0 unspecified atom stereocenters. The SMILES string of the molecule is CCn1cc(NC(=O)C2(c3cc(F)ccc3F)CCCC2)nn1. The van der Waals surface area contributed by atoms with Gasteiger partial charge < -0.3 is 5.32 Å². The lowest BCUT2D eigenvalue weighted by atomic mass is 9.77. The fraction of sp³-hybridized carbons (Fsp3) is 0.438. The van der Waals surface area contributed by atoms with E-state index in [2.05, 4.69) is 15.6 Å². The number of aromatic nitrogens is 3. The van der Waals surface area contributed by atoms with Crippen molar-refractivity contribution >= 4 is 11.7 Å². The van der Waals surface area contributed by atoms with Gasteiger partial charge in [0.2, 0.25) is 5.91 Å². The number of aryl methyl sites for hydroxylation is 1. The Morgan fingerprint density at radius 3 is 2.74 bits per heavy atom. The van der Waals surface area contributed by atoms with Crippen LogP contribution in [0.5, 0.6) is 0 Å². The fourth-order valence-corrected chi connectivity index (χ4v) is 3.21. The average Bonchev–Trinajstić information content (AvgIpc) is 3.19. The number of nitrogens with zero attached hydrogens (tertiary/aromatic N) is 3. The first kappa shape index (κ1) is 15.6. The van der Waals surface area contributed by atoms with E-state index in [1.165, 1.54) is 0 Å². The van der Waals surface area contributed by atoms with Crippen molar-refractivity contribution in [3.05, 3.63) is 41.6 Å². The molecular weight excluding hydrogens is 302 g/mol. The van der Waals surface area contributed by atoms with E-state index in [1.807, 2.05) is 6.92 Å². The third-order valence-electron chi connectivity index (χ3n) is 4.44. The first-order valence-electron chi connectivity index (χ1n) is 7.72. The summed E-state index contributed by atoms with van der Waals surface area (Å²) in [5, 5.41) is 10.4. The zero-order chi connectivity index (χ0) is 16.4. The zero-order valence-corrected chi connectivity index (χ0v) is 12.9. The maximum Gasteiger partial charge on any atom is 0.236 e. The van der Waals surface area contributed by atoms with Crippen molar-refractivity contribution in [2.24, 2.45) is 0 Å². The van der Waals surface area contributed by atoms with Crippen LogP contribution in [0, 0.1) is 11.6 Å². The maximum absolute atomic E-state index is 14.2. The zero-order valence-electron chi connectivity index (χ0n) is 12.9. The first-order chi connectivity index (χ1) is 11.0. The smallest absolute Gasteiger partial charge is 0.236 e. The first-order valence-corrected chi connectivity index (χ1v) is 7.72. The van der Waals surface area contributed by atoms with Gasteiger partial charge in [-0.2, -0.15) is 0 Å². The average molecular weight is 320 g/mol. The van der Waals surface area contributed by atoms with Gasteiger partial charge in [-0.05, 0) is 38.0 Å². The van der Waals surface area contributed by atoms with Crippen LogP contribution < -0.4 is 5.32 Å². The molecule has 1 aliphatic rings. The highest BCUT2D eigenvalue weighted by atomic mass is 19.1. The second-order valence-electron chi connectivity index (χ2n) is 5.83. The van der Waals surface area contributed by atoms with Crippen molar-refractivity contribution in [3.63, 3.8) is 0 Å². The summed E-state index contributed by atoms with van der Waals surface area (Å²) in [5.74, 6) is -1.14. The number of carbonyl (C=O) groups is 1. The highest BCUT2D eigenvalue weighted by Crippen LogP contribution is 2.43. The van der Waals surface area contributed by atoms with E-state index < -0.39 is 17.0 Å². The molecule has 122 valence electrons. The minimum Gasteiger partial charge on any atom is -0.307 e. The van der Waals surface area contributed by atoms with E-state index in [0.717, 1.165) is 31.0 Å². The van der Waals surface area contributed by atoms with Crippen molar-refractivity contribution in [2.45, 2.75) is 44.6 Å². The second kappa shape index (κ2) is 6.06. The molecule has 1 fully saturated rings. The standard InChI is InChI=1S/C16H18F2N4O/c1-2-22-10-14(20-21-22)19-15(23)16(7-3-4-8-16)12-9-11(17)5-6-13(12)18/h5-6,9-10H,2-4,7-8H2,1H3,(H,19,23). The Kier molecular flexibility index (Phi) is 4.11. The number of hydrogen-bond donors (Lipinski definition) is 1. The van der Waals surface area contributed by atoms with Crippen LogP contribution in [-0.4, -0.2) is 20.9 Å². The maximum atomic E-state index is 14.2. The van der Waals surface area contributed by atoms with E-state index in [9.17, 15) is 13.6 Å². The lowest BCUT2D eigenvalue weighted by molar-refractivity contribution is -0.121. The normalized spacial score (nSPS) is 16.5. The van der Waals surface area contributed by atoms with Gasteiger partial charge in [-0.15, -0.1) is 5.10 Å². The molecule has 1 aromatic carbocycles. The van der Waals surface area contributed by atoms with Gasteiger partial charge in [0, 0.05) is 12.1 Å². The highest BCUT2D eigenvalue weighted by molar-refractivity contribution is 5.98. The summed E-state index contributed by atoms with van der Waals surface area (Å²) in [6.07, 6.45) is 4.18. The Hall–Kier alpha value is -2.31. The number of hydrogen-bond acceptors (Lipinski definition) is 3. The molecule has 0 radical (unpaired) electrons. The molecule has 1 aromatic heterocycles. The Bertz CT molecular complexity index is 723. The molecule has 3 rings (SSSR count). The third kappa shape index (κ3) is 2.83. The van der Waals surface area contributed by atoms with Crippen molar-refractivity contribution in [1.29, 1.82) is 0 Å². The Balaban J connectivity index is 1.94. The third-order valence-corrected chi connectivity index (χ3v) is 4.44. The molecule has 1 amide bonds. The molecule has 1 heterocycles. The van der Waals surface area contributed by atoms with E-state index in [4.69, 9.17) is 0 Å². The van der Waals surface area contributed by atoms with Crippen LogP contribution in [0.15, 0.2) is 24.4 Å². The molecule has 0 bridgehead atoms. The summed E-state index contributed by atoms with van der Waals surface area (Å²) in [6.45, 7) is 2.54. The summed E-state index contributed by atoms with van der Waals surface area (Å²) >= 11 is 0. The van der Waals surface area contributed by atoms with Gasteiger partial charge in [0.05, 0.1) is 11.6 Å². The summed E-state index contributed by atoms with van der Waals surface area (Å²) < 4.78 is 29.4. The van der Waals surface area contributed by atoms with Gasteiger partial charge in [-0.1, -0.05) is 18.1 Å². The number of benzene rings is 1. The van der Waals surface area contributed by atoms with Gasteiger partial charge in [-0.3, -0.25) is 9.48 Å². The highest BCUT2D eigenvalue weighted by Gasteiger charge is 2.44. The molecule has 0 spiro atoms. The van der Waals surface area contributed by atoms with E-state index in [-0.39, 0.29) is 11.5 Å². The molecule has 2 aromatic rings. The number of anilines is 1. The molecule has 23 heavy (non-hydrogen) atoms. The quantitative estimate of drug-likeness (QED) is 0.942. The van der Waals surface area contributed by atoms with Gasteiger partial charge in [0.15, 0.2) is 5.82 Å². The summed E-state index contributed by atoms with van der Waals surface area (Å²) in [6, 6.07) is 3.26. The number of carbonyl (C=O) groups excluding carboxylic acids is 1. The van der Waals surface area contributed by atoms with E-state index in [1.54, 1.807) is 10.9 Å². The Labute approximate surface area is 132 Å². The molecule has 0 aliphatic heterocycles. The van der Waals surface area contributed by atoms with Crippen LogP contribution >= 0.6 is 0 Å². The van der Waals surface area contributed by atoms with Crippen LogP contribution in [-0.2, 0) is 16.8 Å². The van der Waals surface area contributed by atoms with Crippen molar-refractivity contribution in [3.8, 4) is 0 Å². The largest absolute Gasteiger partial charge is 0.307 e. The molecule has 5 nitrogen and oxygen atoms in total. The van der Waals surface area contributed by atoms with Crippen LogP contribution in [0.2, 0.25) is 0 Å². The second-order valence-corrected chi connectivity index (χ2v) is 5.83. The molecule has 0 atom stereocenters. The van der Waals surface area contributed by atoms with Crippen LogP contribution in [0.1, 0.15) is 38.2 Å². The summed E-state index contributed by atoms with van der Waals surface area (Å²) in [5.41, 5.74) is -0.933. The number of amides is 1. The predicted molar refractivity (Wildman–Crippen MR) is 80.8 cm³/mol. The Morgan fingerprint density at radius 1 is 1.35 bits per heavy atom. The molecular formula is C16H18F2N4O. The number of rotatable bonds is 4. The van der Waals surface area contributed by atoms with Crippen molar-refractivity contribution in [2.75, 3.05) is 5.32 Å². The molecule has 1 N–H and O–H groups in total. The number of halogens is 2. The predicted octanol–water partition coefficient (Wildman–Crippen LogP) is 3.03. The van der Waals surface area contributed by atoms with Gasteiger partial charge in [0.1, 0.15) is 11.6 Å². The molecule has 1 saturated carbocycles. The van der Waals surface area contributed by atoms with E-state index >= 15 is 0 Å². The Morgan fingerprint density at radius 2 is 2.09 bits per heavy atom. The summed E-state index contributed by atoms with van der Waals surface area (Å²) in [7, 11) is 0. The van der Waals surface area contributed by atoms with Crippen LogP contribution in [0.3, 0.4) is 0 Å². The monoisotopic (exact) mass is 320 g/mol. The number of nitrogens with one attached hydrogen (secondary N) is 1. The van der Waals surface area contributed by atoms with Crippen LogP contribution in [0.4, 0.5) is 14.6 Å². The molecule has 0 saturated heterocycles. The summed E-state index contributed by atoms with van der Waals surface area (Å²) in [4.78, 5) is 12.8. The lowest BCUT2D eigenvalue weighted by Crippen LogP contribution is -2.39. The molecule has 1 aliphatic carbocycles. The van der Waals surface area contributed by atoms with Gasteiger partial charge >= 0.3 is 0 Å². The minimum atomic E-state index is -1.05. The van der Waals surface area contributed by atoms with Gasteiger partial charge in [0.25, 0.3) is 0 Å². The topological polar surface area (TPSA) is 59.8 Å². The fourth-order valence-electron chi connectivity index (χ4n) is 3.21. The van der Waals surface area contributed by atoms with Crippen LogP contribution in [0.25, 0.3) is 0 Å². The molecule has 7 heteroatoms. The minimum absolute atomic E-state index is 0.121. The van der Waals surface area contributed by atoms with E-state index in [0.29, 0.717) is 25.2 Å². The van der Waals surface area contributed by atoms with Crippen molar-refractivity contribution in [1.82, 2.24) is 15.0 Å².